The Morgan fingerprint density at radius 2 is 2.38 bits per heavy atom. The number of nitrogen functional groups attached to an aromatic ring is 1. The molecule has 2 heterocycles. The van der Waals surface area contributed by atoms with E-state index in [1.807, 2.05) is 12.1 Å². The standard InChI is InChI=1S/C10H15N5O/c1-14-5-6-15(10(14)16)7-8-3-2-4-12-9(8)13-11/h2-4H,5-7,11H2,1H3,(H,12,13). The van der Waals surface area contributed by atoms with Gasteiger partial charge in [0.2, 0.25) is 0 Å². The molecular weight excluding hydrogens is 206 g/mol. The zero-order valence-corrected chi connectivity index (χ0v) is 9.18. The fraction of sp³-hybridized carbons (Fsp3) is 0.400. The van der Waals surface area contributed by atoms with E-state index in [1.54, 1.807) is 23.0 Å². The topological polar surface area (TPSA) is 74.5 Å². The summed E-state index contributed by atoms with van der Waals surface area (Å²) in [7, 11) is 1.80. The van der Waals surface area contributed by atoms with Gasteiger partial charge in [-0.3, -0.25) is 0 Å². The number of hydrogen-bond acceptors (Lipinski definition) is 4. The summed E-state index contributed by atoms with van der Waals surface area (Å²) in [6.07, 6.45) is 1.66. The smallest absolute Gasteiger partial charge is 0.320 e. The molecule has 0 radical (unpaired) electrons. The van der Waals surface area contributed by atoms with Crippen molar-refractivity contribution >= 4 is 11.8 Å². The molecule has 0 bridgehead atoms. The van der Waals surface area contributed by atoms with E-state index in [0.29, 0.717) is 12.4 Å². The van der Waals surface area contributed by atoms with Crippen LogP contribution in [0.3, 0.4) is 0 Å². The summed E-state index contributed by atoms with van der Waals surface area (Å²) < 4.78 is 0. The quantitative estimate of drug-likeness (QED) is 0.566. The molecule has 0 aromatic carbocycles. The molecule has 6 nitrogen and oxygen atoms in total. The number of likely N-dealkylation sites (N-methyl/N-ethyl adjacent to an activating group) is 1. The van der Waals surface area contributed by atoms with Crippen LogP contribution in [-0.4, -0.2) is 41.0 Å². The molecule has 6 heteroatoms. The van der Waals surface area contributed by atoms with E-state index in [0.717, 1.165) is 18.7 Å². The molecular formula is C10H15N5O. The maximum Gasteiger partial charge on any atom is 0.320 e. The van der Waals surface area contributed by atoms with Crippen molar-refractivity contribution in [3.05, 3.63) is 23.9 Å². The third-order valence-electron chi connectivity index (χ3n) is 2.69. The largest absolute Gasteiger partial charge is 0.326 e. The maximum absolute atomic E-state index is 11.7. The summed E-state index contributed by atoms with van der Waals surface area (Å²) in [5, 5.41) is 0. The van der Waals surface area contributed by atoms with Crippen molar-refractivity contribution in [2.75, 3.05) is 25.6 Å². The minimum Gasteiger partial charge on any atom is -0.326 e. The summed E-state index contributed by atoms with van der Waals surface area (Å²) in [6, 6.07) is 3.79. The van der Waals surface area contributed by atoms with Gasteiger partial charge in [-0.15, -0.1) is 0 Å². The first-order valence-electron chi connectivity index (χ1n) is 5.13. The summed E-state index contributed by atoms with van der Waals surface area (Å²) in [5.41, 5.74) is 3.46. The molecule has 2 rings (SSSR count). The van der Waals surface area contributed by atoms with Crippen LogP contribution in [0.15, 0.2) is 18.3 Å². The van der Waals surface area contributed by atoms with E-state index >= 15 is 0 Å². The number of rotatable bonds is 3. The van der Waals surface area contributed by atoms with Gasteiger partial charge in [-0.1, -0.05) is 6.07 Å². The lowest BCUT2D eigenvalue weighted by Crippen LogP contribution is -2.29. The Bertz CT molecular complexity index is 395. The number of carbonyl (C=O) groups is 1. The Morgan fingerprint density at radius 3 is 3.00 bits per heavy atom. The van der Waals surface area contributed by atoms with E-state index in [2.05, 4.69) is 10.4 Å². The van der Waals surface area contributed by atoms with Gasteiger partial charge < -0.3 is 15.2 Å². The number of nitrogens with two attached hydrogens (primary N) is 1. The number of anilines is 1. The second-order valence-corrected chi connectivity index (χ2v) is 3.78. The molecule has 0 unspecified atom stereocenters. The van der Waals surface area contributed by atoms with E-state index in [1.165, 1.54) is 0 Å². The molecule has 0 aliphatic carbocycles. The van der Waals surface area contributed by atoms with Gasteiger partial charge in [0, 0.05) is 31.9 Å². The van der Waals surface area contributed by atoms with E-state index in [-0.39, 0.29) is 6.03 Å². The normalized spacial score (nSPS) is 15.8. The van der Waals surface area contributed by atoms with Crippen LogP contribution in [-0.2, 0) is 6.54 Å². The van der Waals surface area contributed by atoms with Crippen molar-refractivity contribution in [2.24, 2.45) is 5.84 Å². The fourth-order valence-electron chi connectivity index (χ4n) is 1.75. The second-order valence-electron chi connectivity index (χ2n) is 3.78. The van der Waals surface area contributed by atoms with E-state index in [9.17, 15) is 4.79 Å². The van der Waals surface area contributed by atoms with Gasteiger partial charge in [0.25, 0.3) is 0 Å². The Kier molecular flexibility index (Phi) is 2.91. The predicted molar refractivity (Wildman–Crippen MR) is 60.5 cm³/mol. The second kappa shape index (κ2) is 4.36. The lowest BCUT2D eigenvalue weighted by atomic mass is 10.2. The third-order valence-corrected chi connectivity index (χ3v) is 2.69. The van der Waals surface area contributed by atoms with Crippen LogP contribution in [0.4, 0.5) is 10.6 Å². The number of amides is 2. The van der Waals surface area contributed by atoms with Crippen molar-refractivity contribution in [1.82, 2.24) is 14.8 Å². The molecule has 3 N–H and O–H groups in total. The maximum atomic E-state index is 11.7. The average Bonchev–Trinajstić information content (AvgIpc) is 2.62. The number of carbonyl (C=O) groups excluding carboxylic acids is 1. The van der Waals surface area contributed by atoms with Crippen molar-refractivity contribution < 1.29 is 4.79 Å². The number of pyridine rings is 1. The molecule has 1 saturated heterocycles. The molecule has 0 atom stereocenters. The van der Waals surface area contributed by atoms with E-state index < -0.39 is 0 Å². The molecule has 1 aliphatic rings. The van der Waals surface area contributed by atoms with Crippen molar-refractivity contribution in [2.45, 2.75) is 6.54 Å². The van der Waals surface area contributed by atoms with Gasteiger partial charge in [0.05, 0.1) is 6.54 Å². The van der Waals surface area contributed by atoms with Crippen LogP contribution in [0, 0.1) is 0 Å². The fourth-order valence-corrected chi connectivity index (χ4v) is 1.75. The van der Waals surface area contributed by atoms with Gasteiger partial charge in [-0.2, -0.15) is 0 Å². The molecule has 1 aromatic heterocycles. The van der Waals surface area contributed by atoms with Gasteiger partial charge in [0.15, 0.2) is 0 Å². The summed E-state index contributed by atoms with van der Waals surface area (Å²) in [4.78, 5) is 19.3. The monoisotopic (exact) mass is 221 g/mol. The molecule has 16 heavy (non-hydrogen) atoms. The first-order valence-corrected chi connectivity index (χ1v) is 5.13. The van der Waals surface area contributed by atoms with Crippen LogP contribution in [0.5, 0.6) is 0 Å². The van der Waals surface area contributed by atoms with Gasteiger partial charge in [-0.05, 0) is 6.07 Å². The Labute approximate surface area is 94.0 Å². The summed E-state index contributed by atoms with van der Waals surface area (Å²) >= 11 is 0. The first kappa shape index (κ1) is 10.7. The average molecular weight is 221 g/mol. The summed E-state index contributed by atoms with van der Waals surface area (Å²) in [6.45, 7) is 2.05. The summed E-state index contributed by atoms with van der Waals surface area (Å²) in [5.74, 6) is 5.98. The molecule has 0 spiro atoms. The Balaban J connectivity index is 2.12. The Hall–Kier alpha value is -1.82. The van der Waals surface area contributed by atoms with Gasteiger partial charge >= 0.3 is 6.03 Å². The van der Waals surface area contributed by atoms with Crippen LogP contribution in [0.1, 0.15) is 5.56 Å². The highest BCUT2D eigenvalue weighted by atomic mass is 16.2. The number of aromatic nitrogens is 1. The highest BCUT2D eigenvalue weighted by molar-refractivity contribution is 5.76. The lowest BCUT2D eigenvalue weighted by molar-refractivity contribution is 0.197. The number of hydrogen-bond donors (Lipinski definition) is 2. The number of urea groups is 1. The van der Waals surface area contributed by atoms with Crippen molar-refractivity contribution in [3.8, 4) is 0 Å². The van der Waals surface area contributed by atoms with Crippen LogP contribution < -0.4 is 11.3 Å². The lowest BCUT2D eigenvalue weighted by Gasteiger charge is -2.17. The van der Waals surface area contributed by atoms with Crippen molar-refractivity contribution in [1.29, 1.82) is 0 Å². The zero-order chi connectivity index (χ0) is 11.5. The van der Waals surface area contributed by atoms with Crippen LogP contribution in [0.25, 0.3) is 0 Å². The highest BCUT2D eigenvalue weighted by Gasteiger charge is 2.25. The molecule has 0 saturated carbocycles. The van der Waals surface area contributed by atoms with Crippen LogP contribution >= 0.6 is 0 Å². The zero-order valence-electron chi connectivity index (χ0n) is 9.18. The van der Waals surface area contributed by atoms with Gasteiger partial charge in [-0.25, -0.2) is 15.6 Å². The number of hydrazine groups is 1. The molecule has 1 fully saturated rings. The minimum atomic E-state index is 0.0480. The highest BCUT2D eigenvalue weighted by Crippen LogP contribution is 2.16. The first-order chi connectivity index (χ1) is 7.72. The van der Waals surface area contributed by atoms with Crippen molar-refractivity contribution in [3.63, 3.8) is 0 Å². The number of nitrogens with one attached hydrogen (secondary N) is 1. The number of nitrogens with zero attached hydrogens (tertiary/aromatic N) is 3. The SMILES string of the molecule is CN1CCN(Cc2cccnc2NN)C1=O. The minimum absolute atomic E-state index is 0.0480. The predicted octanol–water partition coefficient (Wildman–Crippen LogP) is 0.235. The molecule has 1 aliphatic heterocycles. The molecule has 1 aromatic rings. The molecule has 2 amide bonds. The third kappa shape index (κ3) is 1.92. The Morgan fingerprint density at radius 1 is 1.56 bits per heavy atom. The van der Waals surface area contributed by atoms with Crippen LogP contribution in [0.2, 0.25) is 0 Å². The van der Waals surface area contributed by atoms with E-state index in [4.69, 9.17) is 5.84 Å². The van der Waals surface area contributed by atoms with Gasteiger partial charge in [0.1, 0.15) is 5.82 Å². The molecule has 86 valence electrons.